The Balaban J connectivity index is 1.63. The average Bonchev–Trinajstić information content (AvgIpc) is 2.64. The Labute approximate surface area is 161 Å². The molecule has 6 heteroatoms. The van der Waals surface area contributed by atoms with Gasteiger partial charge >= 0.3 is 6.03 Å². The number of carbonyl (C=O) groups is 1. The summed E-state index contributed by atoms with van der Waals surface area (Å²) in [6, 6.07) is 11.6. The molecule has 1 atom stereocenters. The summed E-state index contributed by atoms with van der Waals surface area (Å²) in [6.45, 7) is 10.0. The van der Waals surface area contributed by atoms with Gasteiger partial charge in [0.2, 0.25) is 0 Å². The minimum atomic E-state index is -0.203. The number of carbonyl (C=O) groups excluding carboxylic acids is 1. The summed E-state index contributed by atoms with van der Waals surface area (Å²) >= 11 is 0. The molecule has 1 unspecified atom stereocenters. The number of pyridine rings is 1. The molecule has 0 aliphatic heterocycles. The summed E-state index contributed by atoms with van der Waals surface area (Å²) in [5.41, 5.74) is 2.37. The molecule has 1 heterocycles. The minimum absolute atomic E-state index is 0.0968. The van der Waals surface area contributed by atoms with E-state index in [1.807, 2.05) is 31.2 Å². The molecule has 0 fully saturated rings. The summed E-state index contributed by atoms with van der Waals surface area (Å²) < 4.78 is 5.76. The third-order valence-corrected chi connectivity index (χ3v) is 4.02. The van der Waals surface area contributed by atoms with Crippen molar-refractivity contribution in [2.75, 3.05) is 25.0 Å². The molecular weight excluding hydrogens is 340 g/mol. The maximum absolute atomic E-state index is 11.9. The molecule has 0 bridgehead atoms. The lowest BCUT2D eigenvalue weighted by Gasteiger charge is -2.20. The van der Waals surface area contributed by atoms with Crippen LogP contribution in [0, 0.1) is 0 Å². The van der Waals surface area contributed by atoms with E-state index in [2.05, 4.69) is 53.8 Å². The highest BCUT2D eigenvalue weighted by Crippen LogP contribution is 2.24. The van der Waals surface area contributed by atoms with Crippen LogP contribution in [0.15, 0.2) is 48.8 Å². The molecule has 0 aliphatic rings. The van der Waals surface area contributed by atoms with E-state index in [-0.39, 0.29) is 17.5 Å². The number of hydrogen-bond acceptors (Lipinski definition) is 4. The van der Waals surface area contributed by atoms with Crippen LogP contribution in [-0.2, 0) is 5.41 Å². The predicted octanol–water partition coefficient (Wildman–Crippen LogP) is 3.56. The SMILES string of the molecule is CC(COc1ccc(C(C)(C)C)cc1)NC(=O)NCCNc1ccncc1. The quantitative estimate of drug-likeness (QED) is 0.621. The third-order valence-electron chi connectivity index (χ3n) is 4.02. The molecular formula is C21H30N4O2. The molecule has 1 aromatic heterocycles. The highest BCUT2D eigenvalue weighted by molar-refractivity contribution is 5.74. The zero-order chi connectivity index (χ0) is 19.7. The Kier molecular flexibility index (Phi) is 7.46. The van der Waals surface area contributed by atoms with Gasteiger partial charge in [0.05, 0.1) is 6.04 Å². The predicted molar refractivity (Wildman–Crippen MR) is 109 cm³/mol. The van der Waals surface area contributed by atoms with Gasteiger partial charge in [-0.15, -0.1) is 0 Å². The van der Waals surface area contributed by atoms with Gasteiger partial charge in [-0.1, -0.05) is 32.9 Å². The van der Waals surface area contributed by atoms with Crippen LogP contribution in [0.2, 0.25) is 0 Å². The Morgan fingerprint density at radius 1 is 1.07 bits per heavy atom. The molecule has 0 radical (unpaired) electrons. The van der Waals surface area contributed by atoms with Gasteiger partial charge in [-0.25, -0.2) is 4.79 Å². The fourth-order valence-corrected chi connectivity index (χ4v) is 2.44. The van der Waals surface area contributed by atoms with Crippen molar-refractivity contribution in [3.8, 4) is 5.75 Å². The van der Waals surface area contributed by atoms with E-state index in [9.17, 15) is 4.79 Å². The van der Waals surface area contributed by atoms with Crippen molar-refractivity contribution in [2.24, 2.45) is 0 Å². The van der Waals surface area contributed by atoms with Gasteiger partial charge < -0.3 is 20.7 Å². The molecule has 6 nitrogen and oxygen atoms in total. The number of rotatable bonds is 8. The van der Waals surface area contributed by atoms with Gasteiger partial charge in [0.1, 0.15) is 12.4 Å². The van der Waals surface area contributed by atoms with Gasteiger partial charge in [0, 0.05) is 31.2 Å². The molecule has 3 N–H and O–H groups in total. The molecule has 27 heavy (non-hydrogen) atoms. The van der Waals surface area contributed by atoms with Crippen LogP contribution < -0.4 is 20.7 Å². The summed E-state index contributed by atoms with van der Waals surface area (Å²) in [5, 5.41) is 8.90. The maximum Gasteiger partial charge on any atom is 0.315 e. The van der Waals surface area contributed by atoms with E-state index in [0.29, 0.717) is 19.7 Å². The molecule has 1 aromatic carbocycles. The Bertz CT molecular complexity index is 696. The van der Waals surface area contributed by atoms with E-state index >= 15 is 0 Å². The topological polar surface area (TPSA) is 75.3 Å². The molecule has 2 amide bonds. The number of ether oxygens (including phenoxy) is 1. The standard InChI is InChI=1S/C21H30N4O2/c1-16(15-27-19-7-5-17(6-8-19)21(2,3)4)25-20(26)24-14-13-23-18-9-11-22-12-10-18/h5-12,16H,13-15H2,1-4H3,(H,22,23)(H2,24,25,26). The van der Waals surface area contributed by atoms with Crippen molar-refractivity contribution in [1.82, 2.24) is 15.6 Å². The number of urea groups is 1. The first-order valence-electron chi connectivity index (χ1n) is 9.26. The number of nitrogens with zero attached hydrogens (tertiary/aromatic N) is 1. The van der Waals surface area contributed by atoms with Gasteiger partial charge in [0.15, 0.2) is 0 Å². The second-order valence-electron chi connectivity index (χ2n) is 7.55. The Hall–Kier alpha value is -2.76. The van der Waals surface area contributed by atoms with E-state index in [0.717, 1.165) is 11.4 Å². The smallest absolute Gasteiger partial charge is 0.315 e. The zero-order valence-corrected chi connectivity index (χ0v) is 16.6. The Morgan fingerprint density at radius 2 is 1.74 bits per heavy atom. The summed E-state index contributed by atoms with van der Waals surface area (Å²) in [6.07, 6.45) is 3.45. The summed E-state index contributed by atoms with van der Waals surface area (Å²) in [4.78, 5) is 15.9. The lowest BCUT2D eigenvalue weighted by atomic mass is 9.87. The van der Waals surface area contributed by atoms with Crippen molar-refractivity contribution in [2.45, 2.75) is 39.2 Å². The lowest BCUT2D eigenvalue weighted by molar-refractivity contribution is 0.227. The second kappa shape index (κ2) is 9.80. The minimum Gasteiger partial charge on any atom is -0.491 e. The first-order valence-corrected chi connectivity index (χ1v) is 9.26. The number of benzene rings is 1. The average molecular weight is 370 g/mol. The van der Waals surface area contributed by atoms with Crippen molar-refractivity contribution < 1.29 is 9.53 Å². The first kappa shape index (κ1) is 20.6. The molecule has 2 aromatic rings. The number of aromatic nitrogens is 1. The molecule has 0 saturated heterocycles. The van der Waals surface area contributed by atoms with E-state index in [4.69, 9.17) is 4.74 Å². The number of amides is 2. The second-order valence-corrected chi connectivity index (χ2v) is 7.55. The van der Waals surface area contributed by atoms with Crippen LogP contribution >= 0.6 is 0 Å². The fourth-order valence-electron chi connectivity index (χ4n) is 2.44. The van der Waals surface area contributed by atoms with Crippen molar-refractivity contribution >= 4 is 11.7 Å². The lowest BCUT2D eigenvalue weighted by Crippen LogP contribution is -2.44. The molecule has 0 saturated carbocycles. The fraction of sp³-hybridized carbons (Fsp3) is 0.429. The summed E-state index contributed by atoms with van der Waals surface area (Å²) in [7, 11) is 0. The van der Waals surface area contributed by atoms with Crippen LogP contribution in [0.25, 0.3) is 0 Å². The van der Waals surface area contributed by atoms with Crippen LogP contribution in [0.1, 0.15) is 33.3 Å². The highest BCUT2D eigenvalue weighted by atomic mass is 16.5. The first-order chi connectivity index (χ1) is 12.8. The van der Waals surface area contributed by atoms with Crippen LogP contribution in [0.5, 0.6) is 5.75 Å². The highest BCUT2D eigenvalue weighted by Gasteiger charge is 2.13. The molecule has 2 rings (SSSR count). The molecule has 0 aliphatic carbocycles. The van der Waals surface area contributed by atoms with Crippen LogP contribution in [-0.4, -0.2) is 36.8 Å². The zero-order valence-electron chi connectivity index (χ0n) is 16.6. The third kappa shape index (κ3) is 7.56. The van der Waals surface area contributed by atoms with Crippen LogP contribution in [0.4, 0.5) is 10.5 Å². The van der Waals surface area contributed by atoms with Crippen LogP contribution in [0.3, 0.4) is 0 Å². The van der Waals surface area contributed by atoms with E-state index < -0.39 is 0 Å². The van der Waals surface area contributed by atoms with E-state index in [1.54, 1.807) is 12.4 Å². The van der Waals surface area contributed by atoms with Crippen molar-refractivity contribution in [3.63, 3.8) is 0 Å². The molecule has 146 valence electrons. The van der Waals surface area contributed by atoms with E-state index in [1.165, 1.54) is 5.56 Å². The van der Waals surface area contributed by atoms with Gasteiger partial charge in [-0.05, 0) is 42.2 Å². The van der Waals surface area contributed by atoms with Gasteiger partial charge in [-0.2, -0.15) is 0 Å². The normalized spacial score (nSPS) is 12.1. The number of nitrogens with one attached hydrogen (secondary N) is 3. The maximum atomic E-state index is 11.9. The number of anilines is 1. The monoisotopic (exact) mass is 370 g/mol. The molecule has 0 spiro atoms. The summed E-state index contributed by atoms with van der Waals surface area (Å²) in [5.74, 6) is 0.804. The van der Waals surface area contributed by atoms with Crippen molar-refractivity contribution in [3.05, 3.63) is 54.4 Å². The van der Waals surface area contributed by atoms with Gasteiger partial charge in [-0.3, -0.25) is 4.98 Å². The number of hydrogen-bond donors (Lipinski definition) is 3. The van der Waals surface area contributed by atoms with Crippen molar-refractivity contribution in [1.29, 1.82) is 0 Å². The van der Waals surface area contributed by atoms with Gasteiger partial charge in [0.25, 0.3) is 0 Å². The largest absolute Gasteiger partial charge is 0.491 e. The Morgan fingerprint density at radius 3 is 2.37 bits per heavy atom.